The second kappa shape index (κ2) is 5.76. The van der Waals surface area contributed by atoms with Crippen molar-refractivity contribution >= 4 is 33.0 Å². The first-order valence-corrected chi connectivity index (χ1v) is 8.19. The summed E-state index contributed by atoms with van der Waals surface area (Å²) in [5.74, 6) is 0. The summed E-state index contributed by atoms with van der Waals surface area (Å²) >= 11 is 0. The Hall–Kier alpha value is -2.66. The van der Waals surface area contributed by atoms with Gasteiger partial charge in [-0.3, -0.25) is 9.20 Å². The largest absolute Gasteiger partial charge is 0.384 e. The molecule has 1 N–H and O–H groups in total. The van der Waals surface area contributed by atoms with Crippen molar-refractivity contribution in [2.45, 2.75) is 6.42 Å². The summed E-state index contributed by atoms with van der Waals surface area (Å²) in [4.78, 5) is 19.7. The quantitative estimate of drug-likeness (QED) is 0.454. The highest BCUT2D eigenvalue weighted by molar-refractivity contribution is 6.06. The van der Waals surface area contributed by atoms with E-state index in [1.54, 1.807) is 6.33 Å². The van der Waals surface area contributed by atoms with Gasteiger partial charge in [0.2, 0.25) is 0 Å². The second-order valence-corrected chi connectivity index (χ2v) is 6.40. The lowest BCUT2D eigenvalue weighted by Gasteiger charge is -2.13. The number of rotatable bonds is 5. The number of pyridine rings is 1. The fourth-order valence-corrected chi connectivity index (χ4v) is 3.29. The van der Waals surface area contributed by atoms with E-state index in [1.807, 2.05) is 40.8 Å². The van der Waals surface area contributed by atoms with Crippen molar-refractivity contribution < 1.29 is 0 Å². The van der Waals surface area contributed by atoms with E-state index >= 15 is 0 Å². The van der Waals surface area contributed by atoms with Crippen molar-refractivity contribution in [2.75, 3.05) is 32.5 Å². The lowest BCUT2D eigenvalue weighted by atomic mass is 10.1. The van der Waals surface area contributed by atoms with Crippen LogP contribution in [-0.2, 0) is 0 Å². The molecule has 0 spiro atoms. The van der Waals surface area contributed by atoms with Crippen LogP contribution in [0, 0.1) is 0 Å². The lowest BCUT2D eigenvalue weighted by Crippen LogP contribution is -2.17. The molecule has 5 heteroatoms. The number of para-hydroxylation sites is 1. The van der Waals surface area contributed by atoms with Crippen molar-refractivity contribution in [2.24, 2.45) is 0 Å². The van der Waals surface area contributed by atoms with Gasteiger partial charge in [0, 0.05) is 17.6 Å². The number of hydrogen-bond donors (Lipinski definition) is 1. The molecule has 2 aromatic heterocycles. The Labute approximate surface area is 139 Å². The molecule has 4 rings (SSSR count). The Morgan fingerprint density at radius 2 is 2.00 bits per heavy atom. The van der Waals surface area contributed by atoms with Crippen LogP contribution in [0.4, 0.5) is 5.69 Å². The standard InChI is InChI=1S/C19H20N4O/c1-22(2)11-5-10-20-14-8-9-15-18-17(14)19(24)13-6-3-4-7-16(13)23(18)12-21-15/h3-4,6-9,12,20H,5,10-11H2,1-2H3. The smallest absolute Gasteiger partial charge is 0.199 e. The van der Waals surface area contributed by atoms with Crippen LogP contribution in [-0.4, -0.2) is 41.5 Å². The second-order valence-electron chi connectivity index (χ2n) is 6.40. The molecule has 0 unspecified atom stereocenters. The summed E-state index contributed by atoms with van der Waals surface area (Å²) in [6, 6.07) is 11.7. The van der Waals surface area contributed by atoms with Gasteiger partial charge in [-0.15, -0.1) is 0 Å². The number of fused-ring (bicyclic) bond motifs is 2. The molecule has 0 bridgehead atoms. The van der Waals surface area contributed by atoms with Crippen molar-refractivity contribution in [1.82, 2.24) is 14.3 Å². The molecule has 0 fully saturated rings. The third-order valence-electron chi connectivity index (χ3n) is 4.44. The Balaban J connectivity index is 1.88. The molecular weight excluding hydrogens is 300 g/mol. The molecule has 2 heterocycles. The Bertz CT molecular complexity index is 1070. The van der Waals surface area contributed by atoms with E-state index in [2.05, 4.69) is 29.3 Å². The molecule has 0 amide bonds. The number of hydrogen-bond acceptors (Lipinski definition) is 4. The third kappa shape index (κ3) is 2.29. The van der Waals surface area contributed by atoms with Crippen LogP contribution < -0.4 is 10.7 Å². The van der Waals surface area contributed by atoms with Gasteiger partial charge < -0.3 is 10.2 Å². The minimum Gasteiger partial charge on any atom is -0.384 e. The van der Waals surface area contributed by atoms with Gasteiger partial charge in [-0.05, 0) is 51.3 Å². The van der Waals surface area contributed by atoms with Crippen LogP contribution in [0.2, 0.25) is 0 Å². The summed E-state index contributed by atoms with van der Waals surface area (Å²) in [5, 5.41) is 4.89. The van der Waals surface area contributed by atoms with Crippen molar-refractivity contribution in [3.63, 3.8) is 0 Å². The van der Waals surface area contributed by atoms with E-state index < -0.39 is 0 Å². The first-order valence-electron chi connectivity index (χ1n) is 8.19. The first kappa shape index (κ1) is 14.9. The SMILES string of the molecule is CN(C)CCCNc1ccc2ncn3c4ccccc4c(=O)c1c23. The zero-order chi connectivity index (χ0) is 16.7. The molecule has 2 aromatic carbocycles. The molecule has 0 aliphatic heterocycles. The molecule has 122 valence electrons. The molecule has 0 aliphatic carbocycles. The molecule has 0 atom stereocenters. The summed E-state index contributed by atoms with van der Waals surface area (Å²) < 4.78 is 2.02. The van der Waals surface area contributed by atoms with E-state index in [4.69, 9.17) is 0 Å². The molecular formula is C19H20N4O. The van der Waals surface area contributed by atoms with Gasteiger partial charge in [0.05, 0.1) is 21.9 Å². The molecule has 0 aliphatic rings. The maximum atomic E-state index is 13.1. The summed E-state index contributed by atoms with van der Waals surface area (Å²) in [6.07, 6.45) is 2.82. The number of imidazole rings is 1. The van der Waals surface area contributed by atoms with Gasteiger partial charge in [-0.25, -0.2) is 4.98 Å². The predicted molar refractivity (Wildman–Crippen MR) is 99.3 cm³/mol. The van der Waals surface area contributed by atoms with Crippen molar-refractivity contribution in [3.05, 3.63) is 52.9 Å². The highest BCUT2D eigenvalue weighted by atomic mass is 16.1. The van der Waals surface area contributed by atoms with Crippen LogP contribution >= 0.6 is 0 Å². The minimum absolute atomic E-state index is 0.0688. The van der Waals surface area contributed by atoms with Gasteiger partial charge in [-0.2, -0.15) is 0 Å². The Morgan fingerprint density at radius 3 is 2.83 bits per heavy atom. The van der Waals surface area contributed by atoms with Crippen LogP contribution in [0.1, 0.15) is 6.42 Å². The van der Waals surface area contributed by atoms with Crippen LogP contribution in [0.3, 0.4) is 0 Å². The van der Waals surface area contributed by atoms with E-state index in [0.717, 1.165) is 52.5 Å². The molecule has 0 radical (unpaired) electrons. The van der Waals surface area contributed by atoms with Crippen molar-refractivity contribution in [1.29, 1.82) is 0 Å². The van der Waals surface area contributed by atoms with Gasteiger partial charge in [-0.1, -0.05) is 12.1 Å². The molecule has 4 aromatic rings. The number of anilines is 1. The molecule has 24 heavy (non-hydrogen) atoms. The molecule has 0 saturated heterocycles. The van der Waals surface area contributed by atoms with Crippen LogP contribution in [0.5, 0.6) is 0 Å². The van der Waals surface area contributed by atoms with E-state index in [-0.39, 0.29) is 5.43 Å². The monoisotopic (exact) mass is 320 g/mol. The Morgan fingerprint density at radius 1 is 1.17 bits per heavy atom. The highest BCUT2D eigenvalue weighted by Gasteiger charge is 2.15. The van der Waals surface area contributed by atoms with Gasteiger partial charge >= 0.3 is 0 Å². The minimum atomic E-state index is 0.0688. The maximum absolute atomic E-state index is 13.1. The number of benzene rings is 2. The van der Waals surface area contributed by atoms with E-state index in [1.165, 1.54) is 0 Å². The summed E-state index contributed by atoms with van der Waals surface area (Å²) in [7, 11) is 4.13. The number of aromatic nitrogens is 2. The zero-order valence-electron chi connectivity index (χ0n) is 13.9. The number of nitrogens with zero attached hydrogens (tertiary/aromatic N) is 3. The lowest BCUT2D eigenvalue weighted by molar-refractivity contribution is 0.405. The Kier molecular flexibility index (Phi) is 3.58. The molecule has 5 nitrogen and oxygen atoms in total. The van der Waals surface area contributed by atoms with Gasteiger partial charge in [0.1, 0.15) is 6.33 Å². The van der Waals surface area contributed by atoms with Gasteiger partial charge in [0.15, 0.2) is 5.43 Å². The average Bonchev–Trinajstić information content (AvgIpc) is 3.01. The fraction of sp³-hybridized carbons (Fsp3) is 0.263. The summed E-state index contributed by atoms with van der Waals surface area (Å²) in [5.41, 5.74) is 3.62. The normalized spacial score (nSPS) is 12.0. The summed E-state index contributed by atoms with van der Waals surface area (Å²) in [6.45, 7) is 1.85. The number of nitrogens with one attached hydrogen (secondary N) is 1. The molecule has 0 saturated carbocycles. The van der Waals surface area contributed by atoms with Crippen molar-refractivity contribution in [3.8, 4) is 0 Å². The first-order chi connectivity index (χ1) is 11.7. The predicted octanol–water partition coefficient (Wildman–Crippen LogP) is 2.80. The van der Waals surface area contributed by atoms with E-state index in [9.17, 15) is 4.79 Å². The van der Waals surface area contributed by atoms with Crippen LogP contribution in [0.15, 0.2) is 47.5 Å². The highest BCUT2D eigenvalue weighted by Crippen LogP contribution is 2.28. The maximum Gasteiger partial charge on any atom is 0.199 e. The van der Waals surface area contributed by atoms with Gasteiger partial charge in [0.25, 0.3) is 0 Å². The van der Waals surface area contributed by atoms with Crippen LogP contribution in [0.25, 0.3) is 27.3 Å². The van der Waals surface area contributed by atoms with E-state index in [0.29, 0.717) is 0 Å². The topological polar surface area (TPSA) is 49.6 Å². The zero-order valence-corrected chi connectivity index (χ0v) is 13.9. The fourth-order valence-electron chi connectivity index (χ4n) is 3.29. The average molecular weight is 320 g/mol. The third-order valence-corrected chi connectivity index (χ3v) is 4.44.